The molecule has 0 aliphatic carbocycles. The number of furan rings is 1. The topological polar surface area (TPSA) is 78.1 Å². The standard InChI is InChI=1S/C9H9N3O/c10-8-7(5-13-9(8)11)6-1-3-12-4-2-6/h1-5H,10-11H2. The molecule has 2 heterocycles. The van der Waals surface area contributed by atoms with Gasteiger partial charge >= 0.3 is 0 Å². The highest BCUT2D eigenvalue weighted by Gasteiger charge is 2.08. The van der Waals surface area contributed by atoms with Crippen LogP contribution in [0.1, 0.15) is 0 Å². The van der Waals surface area contributed by atoms with Gasteiger partial charge in [0.15, 0.2) is 0 Å². The fraction of sp³-hybridized carbons (Fsp3) is 0. The average molecular weight is 175 g/mol. The van der Waals surface area contributed by atoms with Crippen LogP contribution in [0.4, 0.5) is 11.6 Å². The second-order valence-electron chi connectivity index (χ2n) is 2.66. The summed E-state index contributed by atoms with van der Waals surface area (Å²) in [5.74, 6) is 0.256. The molecule has 0 aliphatic heterocycles. The molecule has 13 heavy (non-hydrogen) atoms. The van der Waals surface area contributed by atoms with E-state index in [1.54, 1.807) is 18.7 Å². The maximum atomic E-state index is 5.70. The van der Waals surface area contributed by atoms with E-state index in [4.69, 9.17) is 15.9 Å². The molecule has 2 aromatic rings. The first-order valence-corrected chi connectivity index (χ1v) is 3.82. The van der Waals surface area contributed by atoms with Crippen molar-refractivity contribution in [2.45, 2.75) is 0 Å². The van der Waals surface area contributed by atoms with E-state index in [9.17, 15) is 0 Å². The molecular formula is C9H9N3O. The molecule has 0 atom stereocenters. The minimum Gasteiger partial charge on any atom is -0.446 e. The Balaban J connectivity index is 2.53. The van der Waals surface area contributed by atoms with Crippen molar-refractivity contribution in [3.63, 3.8) is 0 Å². The van der Waals surface area contributed by atoms with Crippen LogP contribution in [-0.4, -0.2) is 4.98 Å². The first kappa shape index (κ1) is 7.67. The Labute approximate surface area is 75.2 Å². The normalized spacial score (nSPS) is 10.2. The third-order valence-electron chi connectivity index (χ3n) is 1.85. The fourth-order valence-electron chi connectivity index (χ4n) is 1.14. The monoisotopic (exact) mass is 175 g/mol. The van der Waals surface area contributed by atoms with Crippen molar-refractivity contribution in [3.05, 3.63) is 30.8 Å². The number of nitrogen functional groups attached to an aromatic ring is 2. The van der Waals surface area contributed by atoms with Gasteiger partial charge in [0.05, 0.1) is 0 Å². The zero-order chi connectivity index (χ0) is 9.26. The summed E-state index contributed by atoms with van der Waals surface area (Å²) < 4.78 is 4.98. The van der Waals surface area contributed by atoms with Crippen LogP contribution < -0.4 is 11.5 Å². The smallest absolute Gasteiger partial charge is 0.213 e. The predicted octanol–water partition coefficient (Wildman–Crippen LogP) is 1.51. The molecule has 4 nitrogen and oxygen atoms in total. The van der Waals surface area contributed by atoms with Crippen LogP contribution in [0, 0.1) is 0 Å². The van der Waals surface area contributed by atoms with E-state index in [-0.39, 0.29) is 5.88 Å². The van der Waals surface area contributed by atoms with E-state index in [1.165, 1.54) is 0 Å². The summed E-state index contributed by atoms with van der Waals surface area (Å²) in [5, 5.41) is 0. The highest BCUT2D eigenvalue weighted by atomic mass is 16.3. The second-order valence-corrected chi connectivity index (χ2v) is 2.66. The van der Waals surface area contributed by atoms with Crippen molar-refractivity contribution in [3.8, 4) is 11.1 Å². The van der Waals surface area contributed by atoms with E-state index in [2.05, 4.69) is 4.98 Å². The third-order valence-corrected chi connectivity index (χ3v) is 1.85. The Morgan fingerprint density at radius 1 is 1.15 bits per heavy atom. The van der Waals surface area contributed by atoms with Crippen LogP contribution in [0.2, 0.25) is 0 Å². The van der Waals surface area contributed by atoms with E-state index < -0.39 is 0 Å². The van der Waals surface area contributed by atoms with Gasteiger partial charge in [-0.15, -0.1) is 0 Å². The van der Waals surface area contributed by atoms with Crippen LogP contribution >= 0.6 is 0 Å². The molecule has 0 saturated carbocycles. The number of pyridine rings is 1. The minimum atomic E-state index is 0.256. The van der Waals surface area contributed by atoms with Gasteiger partial charge in [-0.1, -0.05) is 0 Å². The van der Waals surface area contributed by atoms with Crippen LogP contribution in [0.3, 0.4) is 0 Å². The molecule has 0 unspecified atom stereocenters. The summed E-state index contributed by atoms with van der Waals surface area (Å²) in [5.41, 5.74) is 13.4. The lowest BCUT2D eigenvalue weighted by Gasteiger charge is -1.96. The summed E-state index contributed by atoms with van der Waals surface area (Å²) in [6, 6.07) is 3.70. The van der Waals surface area contributed by atoms with Crippen molar-refractivity contribution >= 4 is 11.6 Å². The van der Waals surface area contributed by atoms with E-state index >= 15 is 0 Å². The lowest BCUT2D eigenvalue weighted by molar-refractivity contribution is 0.589. The summed E-state index contributed by atoms with van der Waals surface area (Å²) in [6.45, 7) is 0. The Bertz CT molecular complexity index is 408. The summed E-state index contributed by atoms with van der Waals surface area (Å²) in [6.07, 6.45) is 4.93. The molecule has 0 amide bonds. The molecule has 0 radical (unpaired) electrons. The van der Waals surface area contributed by atoms with Gasteiger partial charge < -0.3 is 15.9 Å². The molecule has 4 heteroatoms. The van der Waals surface area contributed by atoms with Crippen LogP contribution in [0.25, 0.3) is 11.1 Å². The average Bonchev–Trinajstić information content (AvgIpc) is 2.49. The van der Waals surface area contributed by atoms with E-state index in [0.717, 1.165) is 11.1 Å². The molecule has 4 N–H and O–H groups in total. The molecule has 0 saturated heterocycles. The number of aromatic nitrogens is 1. The summed E-state index contributed by atoms with van der Waals surface area (Å²) in [4.78, 5) is 3.90. The number of hydrogen-bond acceptors (Lipinski definition) is 4. The number of hydrogen-bond donors (Lipinski definition) is 2. The summed E-state index contributed by atoms with van der Waals surface area (Å²) in [7, 11) is 0. The maximum Gasteiger partial charge on any atom is 0.213 e. The van der Waals surface area contributed by atoms with E-state index in [1.807, 2.05) is 12.1 Å². The van der Waals surface area contributed by atoms with Gasteiger partial charge in [-0.2, -0.15) is 0 Å². The lowest BCUT2D eigenvalue weighted by Crippen LogP contribution is -1.91. The minimum absolute atomic E-state index is 0.256. The Morgan fingerprint density at radius 2 is 1.85 bits per heavy atom. The van der Waals surface area contributed by atoms with Crippen LogP contribution in [0.15, 0.2) is 35.2 Å². The Hall–Kier alpha value is -1.97. The van der Waals surface area contributed by atoms with Crippen molar-refractivity contribution < 1.29 is 4.42 Å². The first-order chi connectivity index (χ1) is 6.29. The zero-order valence-corrected chi connectivity index (χ0v) is 6.90. The van der Waals surface area contributed by atoms with Crippen molar-refractivity contribution in [2.75, 3.05) is 11.5 Å². The van der Waals surface area contributed by atoms with Gasteiger partial charge in [0.2, 0.25) is 5.88 Å². The van der Waals surface area contributed by atoms with Crippen LogP contribution in [-0.2, 0) is 0 Å². The summed E-state index contributed by atoms with van der Waals surface area (Å²) >= 11 is 0. The maximum absolute atomic E-state index is 5.70. The fourth-order valence-corrected chi connectivity index (χ4v) is 1.14. The van der Waals surface area contributed by atoms with Gasteiger partial charge in [0, 0.05) is 18.0 Å². The quantitative estimate of drug-likeness (QED) is 0.688. The SMILES string of the molecule is Nc1occ(-c2ccncc2)c1N. The van der Waals surface area contributed by atoms with Gasteiger partial charge in [0.25, 0.3) is 0 Å². The number of nitrogens with two attached hydrogens (primary N) is 2. The van der Waals surface area contributed by atoms with Crippen molar-refractivity contribution in [1.29, 1.82) is 0 Å². The second kappa shape index (κ2) is 2.82. The number of anilines is 2. The zero-order valence-electron chi connectivity index (χ0n) is 6.90. The molecule has 2 rings (SSSR count). The van der Waals surface area contributed by atoms with Gasteiger partial charge in [-0.3, -0.25) is 4.98 Å². The molecule has 0 aliphatic rings. The lowest BCUT2D eigenvalue weighted by atomic mass is 10.1. The molecule has 2 aromatic heterocycles. The Morgan fingerprint density at radius 3 is 2.38 bits per heavy atom. The molecule has 66 valence electrons. The highest BCUT2D eigenvalue weighted by Crippen LogP contribution is 2.31. The molecule has 0 fully saturated rings. The van der Waals surface area contributed by atoms with Gasteiger partial charge in [0.1, 0.15) is 12.0 Å². The number of nitrogens with zero attached hydrogens (tertiary/aromatic N) is 1. The Kier molecular flexibility index (Phi) is 1.66. The molecular weight excluding hydrogens is 166 g/mol. The van der Waals surface area contributed by atoms with Gasteiger partial charge in [-0.05, 0) is 17.7 Å². The first-order valence-electron chi connectivity index (χ1n) is 3.82. The van der Waals surface area contributed by atoms with Gasteiger partial charge in [-0.25, -0.2) is 0 Å². The third kappa shape index (κ3) is 1.22. The van der Waals surface area contributed by atoms with Crippen LogP contribution in [0.5, 0.6) is 0 Å². The number of rotatable bonds is 1. The molecule has 0 bridgehead atoms. The van der Waals surface area contributed by atoms with Crippen molar-refractivity contribution in [2.24, 2.45) is 0 Å². The van der Waals surface area contributed by atoms with E-state index in [0.29, 0.717) is 5.69 Å². The highest BCUT2D eigenvalue weighted by molar-refractivity contribution is 5.81. The largest absolute Gasteiger partial charge is 0.446 e. The molecule has 0 spiro atoms. The van der Waals surface area contributed by atoms with Crippen molar-refractivity contribution in [1.82, 2.24) is 4.98 Å². The predicted molar refractivity (Wildman–Crippen MR) is 50.8 cm³/mol. The molecule has 0 aromatic carbocycles.